The monoisotopic (exact) mass is 205 g/mol. The van der Waals surface area contributed by atoms with Gasteiger partial charge in [-0.3, -0.25) is 0 Å². The maximum atomic E-state index is 5.75. The third kappa shape index (κ3) is 8.67. The minimum atomic E-state index is -0.0648. The Morgan fingerprint density at radius 3 is 2.08 bits per heavy atom. The summed E-state index contributed by atoms with van der Waals surface area (Å²) in [6.45, 7) is 10.1. The zero-order chi connectivity index (χ0) is 10.5. The molecule has 0 saturated heterocycles. The van der Waals surface area contributed by atoms with Crippen molar-refractivity contribution < 1.29 is 4.74 Å². The van der Waals surface area contributed by atoms with Gasteiger partial charge in [-0.2, -0.15) is 0 Å². The van der Waals surface area contributed by atoms with E-state index in [2.05, 4.69) is 36.9 Å². The molecule has 0 radical (unpaired) electrons. The Morgan fingerprint density at radius 1 is 1.15 bits per heavy atom. The zero-order valence-electron chi connectivity index (χ0n) is 9.39. The van der Waals surface area contributed by atoms with Crippen LogP contribution in [0.15, 0.2) is 0 Å². The zero-order valence-corrected chi connectivity index (χ0v) is 10.5. The molecule has 1 atom stereocenters. The number of hydrogen-bond acceptors (Lipinski definition) is 2. The molecule has 0 amide bonds. The number of ether oxygens (including phenoxy) is 1. The Labute approximate surface area is 84.8 Å². The molecule has 0 spiro atoms. The van der Waals surface area contributed by atoms with E-state index in [0.717, 1.165) is 19.4 Å². The molecule has 2 nitrogen and oxygen atoms in total. The van der Waals surface area contributed by atoms with Crippen LogP contribution in [0.1, 0.15) is 40.5 Å². The van der Waals surface area contributed by atoms with Crippen LogP contribution in [0.25, 0.3) is 0 Å². The van der Waals surface area contributed by atoms with Crippen LogP contribution in [-0.4, -0.2) is 23.9 Å². The summed E-state index contributed by atoms with van der Waals surface area (Å²) in [5.41, 5.74) is 5.42. The fraction of sp³-hybridized carbons (Fsp3) is 1.00. The van der Waals surface area contributed by atoms with Crippen molar-refractivity contribution in [3.05, 3.63) is 0 Å². The highest BCUT2D eigenvalue weighted by atomic mass is 31.0. The first-order valence-corrected chi connectivity index (χ1v) is 5.47. The van der Waals surface area contributed by atoms with E-state index in [-0.39, 0.29) is 10.8 Å². The molecule has 0 aromatic carbocycles. The van der Waals surface area contributed by atoms with Crippen molar-refractivity contribution in [1.82, 2.24) is 0 Å². The molecule has 0 aliphatic carbocycles. The quantitative estimate of drug-likeness (QED) is 0.674. The van der Waals surface area contributed by atoms with Crippen LogP contribution in [-0.2, 0) is 4.74 Å². The van der Waals surface area contributed by atoms with Crippen molar-refractivity contribution in [2.45, 2.75) is 51.3 Å². The molecular formula is C10H24NOP. The highest BCUT2D eigenvalue weighted by Crippen LogP contribution is 2.22. The lowest BCUT2D eigenvalue weighted by molar-refractivity contribution is -0.0246. The van der Waals surface area contributed by atoms with Crippen molar-refractivity contribution in [2.24, 2.45) is 5.73 Å². The molecule has 13 heavy (non-hydrogen) atoms. The van der Waals surface area contributed by atoms with Gasteiger partial charge in [-0.05, 0) is 38.4 Å². The van der Waals surface area contributed by atoms with E-state index in [0.29, 0.717) is 6.54 Å². The number of nitrogens with two attached hydrogens (primary N) is 1. The van der Waals surface area contributed by atoms with Gasteiger partial charge in [0, 0.05) is 6.61 Å². The van der Waals surface area contributed by atoms with E-state index in [1.54, 1.807) is 0 Å². The second-order valence-corrected chi connectivity index (χ2v) is 6.45. The van der Waals surface area contributed by atoms with Crippen LogP contribution in [0.4, 0.5) is 0 Å². The lowest BCUT2D eigenvalue weighted by atomic mass is 10.1. The maximum absolute atomic E-state index is 5.75. The topological polar surface area (TPSA) is 35.2 Å². The number of rotatable bonds is 6. The van der Waals surface area contributed by atoms with Gasteiger partial charge in [0.15, 0.2) is 0 Å². The summed E-state index contributed by atoms with van der Waals surface area (Å²) in [7, 11) is 2.83. The predicted octanol–water partition coefficient (Wildman–Crippen LogP) is 2.17. The maximum Gasteiger partial charge on any atom is 0.0638 e. The summed E-state index contributed by atoms with van der Waals surface area (Å²) >= 11 is 0. The minimum absolute atomic E-state index is 0.0648. The fourth-order valence-electron chi connectivity index (χ4n) is 1.01. The smallest absolute Gasteiger partial charge is 0.0638 e. The highest BCUT2D eigenvalue weighted by molar-refractivity contribution is 7.18. The van der Waals surface area contributed by atoms with Crippen LogP contribution < -0.4 is 5.73 Å². The van der Waals surface area contributed by atoms with Crippen LogP contribution >= 0.6 is 9.24 Å². The average Bonchev–Trinajstić information content (AvgIpc) is 1.82. The van der Waals surface area contributed by atoms with Gasteiger partial charge in [0.05, 0.1) is 5.60 Å². The van der Waals surface area contributed by atoms with Crippen molar-refractivity contribution in [3.8, 4) is 0 Å². The second-order valence-electron chi connectivity index (χ2n) is 4.89. The second kappa shape index (κ2) is 5.29. The lowest BCUT2D eigenvalue weighted by Crippen LogP contribution is -2.29. The Balaban J connectivity index is 3.63. The fourth-order valence-corrected chi connectivity index (χ4v) is 1.13. The minimum Gasteiger partial charge on any atom is -0.375 e. The van der Waals surface area contributed by atoms with Gasteiger partial charge in [-0.1, -0.05) is 13.8 Å². The first-order chi connectivity index (χ1) is 5.77. The Bertz CT molecular complexity index is 140. The molecule has 0 fully saturated rings. The molecule has 2 N–H and O–H groups in total. The summed E-state index contributed by atoms with van der Waals surface area (Å²) in [4.78, 5) is 0. The normalized spacial score (nSPS) is 13.4. The summed E-state index contributed by atoms with van der Waals surface area (Å²) in [6, 6.07) is 0. The van der Waals surface area contributed by atoms with Gasteiger partial charge in [0.25, 0.3) is 0 Å². The van der Waals surface area contributed by atoms with Crippen LogP contribution in [0.3, 0.4) is 0 Å². The summed E-state index contributed by atoms with van der Waals surface area (Å²) in [5, 5.41) is 0.277. The Hall–Kier alpha value is 0.350. The standard InChI is InChI=1S/C10H24NOP/c1-9(2,5-7-11)12-8-6-10(3,4)13/h5-8,11,13H2,1-4H3. The van der Waals surface area contributed by atoms with E-state index in [4.69, 9.17) is 10.5 Å². The van der Waals surface area contributed by atoms with E-state index < -0.39 is 0 Å². The van der Waals surface area contributed by atoms with Gasteiger partial charge in [-0.15, -0.1) is 9.24 Å². The molecule has 3 heteroatoms. The molecule has 0 aromatic heterocycles. The highest BCUT2D eigenvalue weighted by Gasteiger charge is 2.18. The summed E-state index contributed by atoms with van der Waals surface area (Å²) in [6.07, 6.45) is 1.98. The van der Waals surface area contributed by atoms with Gasteiger partial charge in [0.1, 0.15) is 0 Å². The van der Waals surface area contributed by atoms with Gasteiger partial charge in [-0.25, -0.2) is 0 Å². The van der Waals surface area contributed by atoms with Crippen molar-refractivity contribution in [3.63, 3.8) is 0 Å². The molecule has 0 rings (SSSR count). The molecule has 0 aliphatic heterocycles. The van der Waals surface area contributed by atoms with Crippen molar-refractivity contribution >= 4 is 9.24 Å². The largest absolute Gasteiger partial charge is 0.375 e. The van der Waals surface area contributed by atoms with Gasteiger partial charge >= 0.3 is 0 Å². The van der Waals surface area contributed by atoms with Gasteiger partial charge in [0.2, 0.25) is 0 Å². The first kappa shape index (κ1) is 13.4. The van der Waals surface area contributed by atoms with Crippen LogP contribution in [0.2, 0.25) is 0 Å². The van der Waals surface area contributed by atoms with Crippen LogP contribution in [0.5, 0.6) is 0 Å². The summed E-state index contributed by atoms with van der Waals surface area (Å²) < 4.78 is 5.75. The Kier molecular flexibility index (Phi) is 5.43. The molecule has 1 unspecified atom stereocenters. The van der Waals surface area contributed by atoms with Gasteiger partial charge < -0.3 is 10.5 Å². The van der Waals surface area contributed by atoms with E-state index in [9.17, 15) is 0 Å². The molecule has 0 saturated carbocycles. The molecule has 0 aliphatic rings. The molecule has 0 aromatic rings. The molecular weight excluding hydrogens is 181 g/mol. The van der Waals surface area contributed by atoms with Crippen molar-refractivity contribution in [1.29, 1.82) is 0 Å². The van der Waals surface area contributed by atoms with Crippen LogP contribution in [0, 0.1) is 0 Å². The Morgan fingerprint density at radius 2 is 1.69 bits per heavy atom. The predicted molar refractivity (Wildman–Crippen MR) is 62.1 cm³/mol. The average molecular weight is 205 g/mol. The SMILES string of the molecule is CC(C)(P)CCOC(C)(C)CCN. The van der Waals surface area contributed by atoms with E-state index in [1.165, 1.54) is 0 Å². The summed E-state index contributed by atoms with van der Waals surface area (Å²) in [5.74, 6) is 0. The third-order valence-electron chi connectivity index (χ3n) is 1.99. The number of hydrogen-bond donors (Lipinski definition) is 1. The lowest BCUT2D eigenvalue weighted by Gasteiger charge is -2.27. The molecule has 80 valence electrons. The van der Waals surface area contributed by atoms with E-state index in [1.807, 2.05) is 0 Å². The first-order valence-electron chi connectivity index (χ1n) is 4.90. The molecule has 0 heterocycles. The van der Waals surface area contributed by atoms with E-state index >= 15 is 0 Å². The third-order valence-corrected chi connectivity index (χ3v) is 2.27. The van der Waals surface area contributed by atoms with Crippen molar-refractivity contribution in [2.75, 3.05) is 13.2 Å². The molecule has 0 bridgehead atoms.